The molecule has 1 N–H and O–H groups in total. The van der Waals surface area contributed by atoms with Gasteiger partial charge in [-0.3, -0.25) is 0 Å². The Balaban J connectivity index is 3.12. The second-order valence-corrected chi connectivity index (χ2v) is 4.55. The minimum Gasteiger partial charge on any atom is -0.372 e. The lowest BCUT2D eigenvalue weighted by Gasteiger charge is -2.10. The highest BCUT2D eigenvalue weighted by molar-refractivity contribution is 7.99. The van der Waals surface area contributed by atoms with Gasteiger partial charge in [0, 0.05) is 18.4 Å². The molecule has 0 heterocycles. The molecule has 0 aromatic carbocycles. The Hall–Kier alpha value is 0.0600. The fourth-order valence-corrected chi connectivity index (χ4v) is 1.16. The maximum atomic E-state index is 11.6. The molecule has 0 radical (unpaired) electrons. The van der Waals surface area contributed by atoms with Crippen LogP contribution in [0.15, 0.2) is 0 Å². The van der Waals surface area contributed by atoms with E-state index >= 15 is 0 Å². The van der Waals surface area contributed by atoms with Gasteiger partial charge in [0.2, 0.25) is 0 Å². The average Bonchev–Trinajstić information content (AvgIpc) is 2.14. The van der Waals surface area contributed by atoms with Crippen LogP contribution in [0.4, 0.5) is 13.2 Å². The minimum atomic E-state index is -4.21. The number of alkyl halides is 3. The first kappa shape index (κ1) is 15.1. The van der Waals surface area contributed by atoms with Crippen molar-refractivity contribution in [3.8, 4) is 0 Å². The van der Waals surface area contributed by atoms with Crippen LogP contribution in [0.3, 0.4) is 0 Å². The molecule has 1 atom stereocenters. The number of thioether (sulfide) groups is 1. The van der Waals surface area contributed by atoms with Crippen LogP contribution in [0.1, 0.15) is 13.3 Å². The van der Waals surface area contributed by atoms with E-state index in [2.05, 4.69) is 17.0 Å². The first-order chi connectivity index (χ1) is 6.95. The first-order valence-corrected chi connectivity index (χ1v) is 6.12. The quantitative estimate of drug-likeness (QED) is 0.663. The van der Waals surface area contributed by atoms with Gasteiger partial charge in [-0.15, -0.1) is 0 Å². The highest BCUT2D eigenvalue weighted by Crippen LogP contribution is 2.14. The van der Waals surface area contributed by atoms with E-state index in [1.54, 1.807) is 11.8 Å². The second-order valence-electron chi connectivity index (χ2n) is 3.27. The van der Waals surface area contributed by atoms with E-state index in [9.17, 15) is 13.2 Å². The van der Waals surface area contributed by atoms with E-state index in [4.69, 9.17) is 0 Å². The Morgan fingerprint density at radius 1 is 1.40 bits per heavy atom. The third-order valence-electron chi connectivity index (χ3n) is 1.74. The van der Waals surface area contributed by atoms with Crippen molar-refractivity contribution in [3.63, 3.8) is 0 Å². The minimum absolute atomic E-state index is 0.153. The predicted molar refractivity (Wildman–Crippen MR) is 57.3 cm³/mol. The molecule has 0 bridgehead atoms. The van der Waals surface area contributed by atoms with E-state index in [0.717, 1.165) is 6.54 Å². The van der Waals surface area contributed by atoms with Gasteiger partial charge in [-0.05, 0) is 19.2 Å². The lowest BCUT2D eigenvalue weighted by molar-refractivity contribution is -0.173. The summed E-state index contributed by atoms with van der Waals surface area (Å²) >= 11 is 1.75. The van der Waals surface area contributed by atoms with E-state index in [0.29, 0.717) is 18.2 Å². The molecular weight excluding hydrogens is 227 g/mol. The summed E-state index contributed by atoms with van der Waals surface area (Å²) in [4.78, 5) is 0. The molecule has 0 saturated heterocycles. The molecular formula is C9H18F3NOS. The zero-order chi connectivity index (χ0) is 11.7. The summed E-state index contributed by atoms with van der Waals surface area (Å²) in [6, 6.07) is 0. The van der Waals surface area contributed by atoms with Crippen LogP contribution in [-0.2, 0) is 4.74 Å². The highest BCUT2D eigenvalue weighted by Gasteiger charge is 2.27. The average molecular weight is 245 g/mol. The van der Waals surface area contributed by atoms with Crippen molar-refractivity contribution < 1.29 is 17.9 Å². The smallest absolute Gasteiger partial charge is 0.372 e. The molecule has 0 spiro atoms. The van der Waals surface area contributed by atoms with Crippen LogP contribution < -0.4 is 5.32 Å². The third-order valence-corrected chi connectivity index (χ3v) is 2.71. The number of ether oxygens (including phenoxy) is 1. The maximum absolute atomic E-state index is 11.6. The number of rotatable bonds is 8. The van der Waals surface area contributed by atoms with Crippen molar-refractivity contribution in [2.24, 2.45) is 0 Å². The Kier molecular flexibility index (Phi) is 8.27. The molecule has 0 aromatic rings. The summed E-state index contributed by atoms with van der Waals surface area (Å²) in [5.41, 5.74) is 0. The monoisotopic (exact) mass is 245 g/mol. The third kappa shape index (κ3) is 12.0. The van der Waals surface area contributed by atoms with E-state index < -0.39 is 12.8 Å². The van der Waals surface area contributed by atoms with Crippen LogP contribution in [0.5, 0.6) is 0 Å². The normalized spacial score (nSPS) is 14.2. The zero-order valence-corrected chi connectivity index (χ0v) is 9.88. The van der Waals surface area contributed by atoms with Gasteiger partial charge < -0.3 is 10.1 Å². The lowest BCUT2D eigenvalue weighted by Crippen LogP contribution is -2.25. The number of halogens is 3. The number of nitrogens with one attached hydrogen (secondary N) is 1. The molecule has 0 aliphatic heterocycles. The predicted octanol–water partition coefficient (Wildman–Crippen LogP) is 2.30. The van der Waals surface area contributed by atoms with Gasteiger partial charge in [0.25, 0.3) is 0 Å². The summed E-state index contributed by atoms with van der Waals surface area (Å²) in [5, 5.41) is 3.68. The summed E-state index contributed by atoms with van der Waals surface area (Å²) in [5.74, 6) is 0. The molecule has 15 heavy (non-hydrogen) atoms. The zero-order valence-electron chi connectivity index (χ0n) is 9.06. The highest BCUT2D eigenvalue weighted by atomic mass is 32.2. The van der Waals surface area contributed by atoms with Crippen molar-refractivity contribution in [1.29, 1.82) is 0 Å². The van der Waals surface area contributed by atoms with Gasteiger partial charge in [0.1, 0.15) is 6.61 Å². The molecule has 0 aliphatic carbocycles. The van der Waals surface area contributed by atoms with Gasteiger partial charge in [0.05, 0.1) is 0 Å². The molecule has 2 nitrogen and oxygen atoms in total. The topological polar surface area (TPSA) is 21.3 Å². The van der Waals surface area contributed by atoms with Crippen LogP contribution in [0, 0.1) is 0 Å². The standard InChI is InChI=1S/C9H18F3NOS/c1-8(15-2)6-13-4-3-5-14-7-9(10,11)12/h8,13H,3-7H2,1-2H3. The van der Waals surface area contributed by atoms with Gasteiger partial charge >= 0.3 is 6.18 Å². The molecule has 0 amide bonds. The number of hydrogen-bond donors (Lipinski definition) is 1. The molecule has 6 heteroatoms. The lowest BCUT2D eigenvalue weighted by atomic mass is 10.4. The van der Waals surface area contributed by atoms with Crippen LogP contribution in [0.25, 0.3) is 0 Å². The largest absolute Gasteiger partial charge is 0.411 e. The summed E-state index contributed by atoms with van der Waals surface area (Å²) < 4.78 is 39.4. The molecule has 0 saturated carbocycles. The van der Waals surface area contributed by atoms with Crippen molar-refractivity contribution >= 4 is 11.8 Å². The summed E-state index contributed by atoms with van der Waals surface area (Å²) in [6.07, 6.45) is -1.57. The van der Waals surface area contributed by atoms with Gasteiger partial charge in [0.15, 0.2) is 0 Å². The van der Waals surface area contributed by atoms with Gasteiger partial charge in [-0.2, -0.15) is 24.9 Å². The molecule has 0 aromatic heterocycles. The Labute approximate surface area is 92.9 Å². The Bertz CT molecular complexity index is 155. The first-order valence-electron chi connectivity index (χ1n) is 4.83. The van der Waals surface area contributed by atoms with Crippen LogP contribution >= 0.6 is 11.8 Å². The summed E-state index contributed by atoms with van der Waals surface area (Å²) in [6.45, 7) is 2.68. The van der Waals surface area contributed by atoms with E-state index in [1.165, 1.54) is 0 Å². The van der Waals surface area contributed by atoms with Crippen molar-refractivity contribution in [2.45, 2.75) is 24.8 Å². The van der Waals surface area contributed by atoms with Crippen LogP contribution in [0.2, 0.25) is 0 Å². The second kappa shape index (κ2) is 8.24. The SMILES string of the molecule is CSC(C)CNCCCOCC(F)(F)F. The Morgan fingerprint density at radius 2 is 2.07 bits per heavy atom. The van der Waals surface area contributed by atoms with E-state index in [1.807, 2.05) is 6.26 Å². The maximum Gasteiger partial charge on any atom is 0.411 e. The summed E-state index contributed by atoms with van der Waals surface area (Å²) in [7, 11) is 0. The molecule has 0 aliphatic rings. The fourth-order valence-electron chi connectivity index (χ4n) is 0.876. The van der Waals surface area contributed by atoms with E-state index in [-0.39, 0.29) is 6.61 Å². The van der Waals surface area contributed by atoms with Crippen LogP contribution in [-0.4, -0.2) is 44.0 Å². The van der Waals surface area contributed by atoms with Gasteiger partial charge in [-0.1, -0.05) is 6.92 Å². The van der Waals surface area contributed by atoms with Crippen molar-refractivity contribution in [1.82, 2.24) is 5.32 Å². The molecule has 92 valence electrons. The fraction of sp³-hybridized carbons (Fsp3) is 1.00. The molecule has 1 unspecified atom stereocenters. The molecule has 0 rings (SSSR count). The van der Waals surface area contributed by atoms with Gasteiger partial charge in [-0.25, -0.2) is 0 Å². The Morgan fingerprint density at radius 3 is 2.60 bits per heavy atom. The molecule has 0 fully saturated rings. The van der Waals surface area contributed by atoms with Crippen molar-refractivity contribution in [2.75, 3.05) is 32.6 Å². The number of hydrogen-bond acceptors (Lipinski definition) is 3. The van der Waals surface area contributed by atoms with Crippen molar-refractivity contribution in [3.05, 3.63) is 0 Å².